The van der Waals surface area contributed by atoms with Crippen molar-refractivity contribution in [3.63, 3.8) is 0 Å². The van der Waals surface area contributed by atoms with Gasteiger partial charge in [0, 0.05) is 43.3 Å². The molecule has 3 N–H and O–H groups in total. The number of methoxy groups -OCH3 is 1. The molecule has 0 radical (unpaired) electrons. The lowest BCUT2D eigenvalue weighted by atomic mass is 9.95. The number of rotatable bonds is 6. The molecular weight excluding hydrogens is 595 g/mol. The first-order valence-electron chi connectivity index (χ1n) is 13.1. The number of carbonyl (C=O) groups excluding carboxylic acids is 3. The van der Waals surface area contributed by atoms with E-state index in [4.69, 9.17) is 14.6 Å². The summed E-state index contributed by atoms with van der Waals surface area (Å²) in [5.41, 5.74) is -2.90. The molecule has 43 heavy (non-hydrogen) atoms. The number of amides is 3. The number of halogens is 3. The van der Waals surface area contributed by atoms with Crippen molar-refractivity contribution < 1.29 is 45.4 Å². The summed E-state index contributed by atoms with van der Waals surface area (Å²) in [6, 6.07) is 5.97. The van der Waals surface area contributed by atoms with Gasteiger partial charge in [-0.05, 0) is 30.3 Å². The second-order valence-electron chi connectivity index (χ2n) is 11.6. The van der Waals surface area contributed by atoms with Crippen molar-refractivity contribution >= 4 is 33.6 Å². The van der Waals surface area contributed by atoms with Crippen LogP contribution in [0.15, 0.2) is 41.4 Å². The van der Waals surface area contributed by atoms with Crippen molar-refractivity contribution in [1.82, 2.24) is 14.8 Å². The number of pyridine rings is 1. The van der Waals surface area contributed by atoms with E-state index in [9.17, 15) is 36.0 Å². The lowest BCUT2D eigenvalue weighted by molar-refractivity contribution is -0.137. The van der Waals surface area contributed by atoms with Crippen LogP contribution in [0.5, 0.6) is 0 Å². The number of hydrogen-bond donors (Lipinski definition) is 2. The molecule has 2 aliphatic heterocycles. The lowest BCUT2D eigenvalue weighted by Crippen LogP contribution is -2.44. The standard InChI is InChI=1S/C27H32F3N5O7S/c1-25(2,3)23(37)33-20-9-17(27(28,29)30)10-32-21(20)13-42-24(38)35-12-18-11-34(14-26(18,15-35)41-4)22(36)16-5-7-19(8-6-16)43(31,39)40/h5-10,18H,11-15H2,1-4H3,(H,33,37)(H2,31,39,40)/t18-,26+/m0/s1. The maximum Gasteiger partial charge on any atom is 0.417 e. The largest absolute Gasteiger partial charge is 0.443 e. The van der Waals surface area contributed by atoms with Gasteiger partial charge in [0.1, 0.15) is 17.9 Å². The van der Waals surface area contributed by atoms with Crippen LogP contribution in [-0.4, -0.2) is 80.0 Å². The SMILES string of the molecule is CO[C@]12CN(C(=O)OCc3ncc(C(F)(F)F)cc3NC(=O)C(C)(C)C)C[C@@H]1CN(C(=O)c1ccc(S(N)(=O)=O)cc1)C2. The van der Waals surface area contributed by atoms with Gasteiger partial charge in [-0.2, -0.15) is 13.2 Å². The zero-order valence-corrected chi connectivity index (χ0v) is 24.7. The zero-order chi connectivity index (χ0) is 32.0. The fourth-order valence-corrected chi connectivity index (χ4v) is 5.48. The van der Waals surface area contributed by atoms with Gasteiger partial charge in [0.15, 0.2) is 0 Å². The average molecular weight is 628 g/mol. The Hall–Kier alpha value is -3.76. The quantitative estimate of drug-likeness (QED) is 0.494. The number of likely N-dealkylation sites (tertiary alicyclic amines) is 2. The van der Waals surface area contributed by atoms with Crippen molar-refractivity contribution in [2.45, 2.75) is 44.1 Å². The third kappa shape index (κ3) is 6.91. The molecular formula is C27H32F3N5O7S. The van der Waals surface area contributed by atoms with Crippen molar-refractivity contribution in [3.05, 3.63) is 53.3 Å². The summed E-state index contributed by atoms with van der Waals surface area (Å²) in [5.74, 6) is -1.17. The van der Waals surface area contributed by atoms with Gasteiger partial charge >= 0.3 is 12.3 Å². The number of fused-ring (bicyclic) bond motifs is 1. The topological polar surface area (TPSA) is 161 Å². The number of sulfonamides is 1. The number of nitrogens with zero attached hydrogens (tertiary/aromatic N) is 3. The summed E-state index contributed by atoms with van der Waals surface area (Å²) in [5, 5.41) is 7.56. The van der Waals surface area contributed by atoms with Crippen LogP contribution < -0.4 is 10.5 Å². The van der Waals surface area contributed by atoms with E-state index >= 15 is 0 Å². The minimum Gasteiger partial charge on any atom is -0.443 e. The number of aromatic nitrogens is 1. The third-order valence-electron chi connectivity index (χ3n) is 7.48. The van der Waals surface area contributed by atoms with Gasteiger partial charge < -0.3 is 24.6 Å². The molecule has 0 aliphatic carbocycles. The molecule has 3 heterocycles. The highest BCUT2D eigenvalue weighted by molar-refractivity contribution is 7.89. The van der Waals surface area contributed by atoms with Gasteiger partial charge in [0.05, 0.1) is 29.2 Å². The number of benzene rings is 1. The molecule has 1 aromatic heterocycles. The summed E-state index contributed by atoms with van der Waals surface area (Å²) in [6.45, 7) is 4.93. The highest BCUT2D eigenvalue weighted by Gasteiger charge is 2.55. The number of alkyl halides is 3. The first kappa shape index (κ1) is 32.2. The minimum absolute atomic E-state index is 0.0648. The number of nitrogens with one attached hydrogen (secondary N) is 1. The summed E-state index contributed by atoms with van der Waals surface area (Å²) in [7, 11) is -2.45. The molecule has 3 amide bonds. The Morgan fingerprint density at radius 3 is 2.23 bits per heavy atom. The Kier molecular flexibility index (Phi) is 8.52. The molecule has 2 atom stereocenters. The maximum atomic E-state index is 13.3. The van der Waals surface area contributed by atoms with Crippen LogP contribution in [0.3, 0.4) is 0 Å². The van der Waals surface area contributed by atoms with E-state index in [1.54, 1.807) is 25.7 Å². The second-order valence-corrected chi connectivity index (χ2v) is 13.1. The van der Waals surface area contributed by atoms with Crippen molar-refractivity contribution in [2.75, 3.05) is 38.6 Å². The van der Waals surface area contributed by atoms with E-state index in [0.717, 1.165) is 6.07 Å². The van der Waals surface area contributed by atoms with E-state index < -0.39 is 51.4 Å². The molecule has 16 heteroatoms. The highest BCUT2D eigenvalue weighted by Crippen LogP contribution is 2.39. The molecule has 2 aliphatic rings. The lowest BCUT2D eigenvalue weighted by Gasteiger charge is -2.27. The summed E-state index contributed by atoms with van der Waals surface area (Å²) in [6.07, 6.45) is -4.86. The van der Waals surface area contributed by atoms with E-state index in [1.807, 2.05) is 0 Å². The Balaban J connectivity index is 1.42. The zero-order valence-electron chi connectivity index (χ0n) is 23.9. The smallest absolute Gasteiger partial charge is 0.417 e. The van der Waals surface area contributed by atoms with Crippen LogP contribution in [-0.2, 0) is 37.1 Å². The normalized spacial score (nSPS) is 20.6. The molecule has 2 aromatic rings. The van der Waals surface area contributed by atoms with Gasteiger partial charge in [-0.15, -0.1) is 0 Å². The molecule has 0 spiro atoms. The summed E-state index contributed by atoms with van der Waals surface area (Å²) in [4.78, 5) is 45.2. The van der Waals surface area contributed by atoms with Gasteiger partial charge in [0.25, 0.3) is 5.91 Å². The highest BCUT2D eigenvalue weighted by atomic mass is 32.2. The number of anilines is 1. The second kappa shape index (κ2) is 11.4. The number of ether oxygens (including phenoxy) is 2. The summed E-state index contributed by atoms with van der Waals surface area (Å²) < 4.78 is 74.1. The number of primary sulfonamides is 1. The molecule has 0 saturated carbocycles. The predicted molar refractivity (Wildman–Crippen MR) is 146 cm³/mol. The minimum atomic E-state index is -4.70. The van der Waals surface area contributed by atoms with Crippen LogP contribution in [0.25, 0.3) is 0 Å². The van der Waals surface area contributed by atoms with E-state index in [0.29, 0.717) is 6.20 Å². The van der Waals surface area contributed by atoms with Crippen LogP contribution in [0.2, 0.25) is 0 Å². The fraction of sp³-hybridized carbons (Fsp3) is 0.481. The number of hydrogen-bond acceptors (Lipinski definition) is 8. The molecule has 0 bridgehead atoms. The number of carbonyl (C=O) groups is 3. The Bertz CT molecular complexity index is 1530. The Labute approximate surface area is 246 Å². The van der Waals surface area contributed by atoms with Crippen LogP contribution in [0, 0.1) is 11.3 Å². The summed E-state index contributed by atoms with van der Waals surface area (Å²) >= 11 is 0. The van der Waals surface area contributed by atoms with Gasteiger partial charge in [-0.1, -0.05) is 20.8 Å². The van der Waals surface area contributed by atoms with Crippen molar-refractivity contribution in [2.24, 2.45) is 16.5 Å². The van der Waals surface area contributed by atoms with Crippen LogP contribution in [0.4, 0.5) is 23.7 Å². The third-order valence-corrected chi connectivity index (χ3v) is 8.41. The Morgan fingerprint density at radius 1 is 1.09 bits per heavy atom. The molecule has 1 aromatic carbocycles. The van der Waals surface area contributed by atoms with Crippen LogP contribution in [0.1, 0.15) is 42.4 Å². The number of nitrogens with two attached hydrogens (primary N) is 1. The van der Waals surface area contributed by atoms with E-state index in [-0.39, 0.29) is 59.8 Å². The monoisotopic (exact) mass is 627 g/mol. The molecule has 12 nitrogen and oxygen atoms in total. The predicted octanol–water partition coefficient (Wildman–Crippen LogP) is 2.84. The first-order valence-corrected chi connectivity index (χ1v) is 14.7. The first-order chi connectivity index (χ1) is 19.8. The van der Waals surface area contributed by atoms with Crippen molar-refractivity contribution in [1.29, 1.82) is 0 Å². The van der Waals surface area contributed by atoms with Gasteiger partial charge in [-0.3, -0.25) is 14.6 Å². The van der Waals surface area contributed by atoms with E-state index in [2.05, 4.69) is 10.3 Å². The van der Waals surface area contributed by atoms with Crippen LogP contribution >= 0.6 is 0 Å². The molecule has 0 unspecified atom stereocenters. The maximum absolute atomic E-state index is 13.3. The van der Waals surface area contributed by atoms with Gasteiger partial charge in [-0.25, -0.2) is 18.4 Å². The van der Waals surface area contributed by atoms with Gasteiger partial charge in [0.2, 0.25) is 15.9 Å². The molecule has 2 fully saturated rings. The molecule has 2 saturated heterocycles. The van der Waals surface area contributed by atoms with Crippen molar-refractivity contribution in [3.8, 4) is 0 Å². The molecule has 4 rings (SSSR count). The van der Waals surface area contributed by atoms with E-state index in [1.165, 1.54) is 36.3 Å². The average Bonchev–Trinajstić information content (AvgIpc) is 3.45. The fourth-order valence-electron chi connectivity index (χ4n) is 4.97. The Morgan fingerprint density at radius 2 is 1.70 bits per heavy atom. The molecule has 234 valence electrons.